The lowest BCUT2D eigenvalue weighted by Gasteiger charge is -2.30. The minimum absolute atomic E-state index is 0.0465. The molecule has 0 spiro atoms. The molecule has 1 aliphatic carbocycles. The molecule has 6 amide bonds. The van der Waals surface area contributed by atoms with Gasteiger partial charge in [-0.15, -0.1) is 0 Å². The Morgan fingerprint density at radius 2 is 1.29 bits per heavy atom. The number of aliphatic carboxylic acids is 2. The largest absolute Gasteiger partial charge is 0.481 e. The summed E-state index contributed by atoms with van der Waals surface area (Å²) in [5, 5.41) is 32.0. The fraction of sp³-hybridized carbons (Fsp3) is 0.674. The molecule has 0 saturated heterocycles. The summed E-state index contributed by atoms with van der Waals surface area (Å²) in [5.41, 5.74) is 10.9. The van der Waals surface area contributed by atoms with Gasteiger partial charge in [-0.1, -0.05) is 19.3 Å². The molecule has 3 atom stereocenters. The number of unbranched alkanes of at least 4 members (excludes halogenated alkanes) is 1. The maximum Gasteiger partial charge on any atom is 0.326 e. The van der Waals surface area contributed by atoms with E-state index in [4.69, 9.17) is 20.9 Å². The molecule has 1 fully saturated rings. The first-order valence-electron chi connectivity index (χ1n) is 21.5. The molecular formula is C43H69N7O12. The number of anilines is 1. The highest BCUT2D eigenvalue weighted by Crippen LogP contribution is 2.24. The summed E-state index contributed by atoms with van der Waals surface area (Å²) in [6.07, 6.45) is 5.41. The average molecular weight is 876 g/mol. The van der Waals surface area contributed by atoms with Crippen LogP contribution in [0.5, 0.6) is 0 Å². The molecule has 1 aromatic carbocycles. The molecule has 348 valence electrons. The van der Waals surface area contributed by atoms with Crippen molar-refractivity contribution in [2.45, 2.75) is 153 Å². The Bertz CT molecular complexity index is 1650. The third-order valence-electron chi connectivity index (χ3n) is 10.7. The Kier molecular flexibility index (Phi) is 22.9. The Balaban J connectivity index is 1.71. The van der Waals surface area contributed by atoms with Crippen LogP contribution < -0.4 is 38.1 Å². The van der Waals surface area contributed by atoms with Crippen LogP contribution >= 0.6 is 0 Å². The van der Waals surface area contributed by atoms with Gasteiger partial charge in [0.1, 0.15) is 18.1 Å². The molecule has 1 saturated carbocycles. The molecule has 0 radical (unpaired) electrons. The van der Waals surface area contributed by atoms with Gasteiger partial charge in [0.25, 0.3) is 5.91 Å². The van der Waals surface area contributed by atoms with Crippen LogP contribution in [0.2, 0.25) is 0 Å². The number of carbonyl (C=O) groups excluding carboxylic acids is 6. The van der Waals surface area contributed by atoms with E-state index in [-0.39, 0.29) is 69.1 Å². The predicted molar refractivity (Wildman–Crippen MR) is 229 cm³/mol. The van der Waals surface area contributed by atoms with E-state index < -0.39 is 65.4 Å². The van der Waals surface area contributed by atoms with Gasteiger partial charge in [-0.25, -0.2) is 4.79 Å². The summed E-state index contributed by atoms with van der Waals surface area (Å²) in [6, 6.07) is 3.21. The zero-order valence-electron chi connectivity index (χ0n) is 36.7. The minimum Gasteiger partial charge on any atom is -0.481 e. The molecule has 1 aromatic rings. The highest BCUT2D eigenvalue weighted by Gasteiger charge is 2.29. The van der Waals surface area contributed by atoms with Gasteiger partial charge in [-0.2, -0.15) is 0 Å². The smallest absolute Gasteiger partial charge is 0.326 e. The van der Waals surface area contributed by atoms with Gasteiger partial charge in [-0.3, -0.25) is 33.6 Å². The first kappa shape index (κ1) is 52.8. The summed E-state index contributed by atoms with van der Waals surface area (Å²) in [7, 11) is 0. The van der Waals surface area contributed by atoms with Crippen molar-refractivity contribution < 1.29 is 58.0 Å². The van der Waals surface area contributed by atoms with E-state index in [1.165, 1.54) is 0 Å². The number of hydrogen-bond donors (Lipinski definition) is 9. The van der Waals surface area contributed by atoms with E-state index in [2.05, 4.69) is 26.6 Å². The first-order valence-corrected chi connectivity index (χ1v) is 21.5. The van der Waals surface area contributed by atoms with Gasteiger partial charge in [0.2, 0.25) is 29.5 Å². The SMILES string of the molecule is CC(C)(CCOC(C)(C)CCC(=O)NC(CCCCNC(=O)c1ccc(N)cc1)C(N)=O)OCCNC(=O)C(CCC(=O)O)NC(=O)CCC(NC(=O)C1CCCCC1)C(=O)O. The summed E-state index contributed by atoms with van der Waals surface area (Å²) >= 11 is 0. The van der Waals surface area contributed by atoms with Crippen LogP contribution in [0, 0.1) is 5.92 Å². The summed E-state index contributed by atoms with van der Waals surface area (Å²) in [4.78, 5) is 98.4. The molecule has 0 bridgehead atoms. The number of primary amides is 1. The van der Waals surface area contributed by atoms with Crippen molar-refractivity contribution in [2.24, 2.45) is 11.7 Å². The molecule has 19 heteroatoms. The van der Waals surface area contributed by atoms with Crippen LogP contribution in [0.3, 0.4) is 0 Å². The molecular weight excluding hydrogens is 807 g/mol. The number of hydrogen-bond acceptors (Lipinski definition) is 11. The zero-order valence-corrected chi connectivity index (χ0v) is 36.7. The number of ether oxygens (including phenoxy) is 2. The second-order valence-electron chi connectivity index (χ2n) is 17.0. The monoisotopic (exact) mass is 876 g/mol. The van der Waals surface area contributed by atoms with Gasteiger partial charge >= 0.3 is 11.9 Å². The lowest BCUT2D eigenvalue weighted by atomic mass is 9.88. The van der Waals surface area contributed by atoms with Crippen LogP contribution in [0.4, 0.5) is 5.69 Å². The fourth-order valence-electron chi connectivity index (χ4n) is 6.71. The standard InChI is InChI=1S/C43H69N7O12/c1-42(2,22-21-35(52)48-31(37(45)55)12-8-9-24-46-38(56)29-13-15-30(44)16-14-29)61-26-23-43(3,4)62-27-25-47-40(58)32(18-20-36(53)54)49-34(51)19-17-33(41(59)60)50-39(57)28-10-6-5-7-11-28/h13-16,28,31-33H,5-12,17-27,44H2,1-4H3,(H2,45,55)(H,46,56)(H,47,58)(H,48,52)(H,49,51)(H,50,57)(H,53,54)(H,59,60). The lowest BCUT2D eigenvalue weighted by Crippen LogP contribution is -2.49. The number of benzene rings is 1. The number of rotatable bonds is 30. The zero-order chi connectivity index (χ0) is 46.3. The van der Waals surface area contributed by atoms with E-state index in [0.29, 0.717) is 62.7 Å². The van der Waals surface area contributed by atoms with E-state index >= 15 is 0 Å². The Labute approximate surface area is 363 Å². The number of nitrogens with one attached hydrogen (secondary N) is 5. The van der Waals surface area contributed by atoms with Crippen LogP contribution in [-0.4, -0.2) is 113 Å². The van der Waals surface area contributed by atoms with E-state index in [1.807, 2.05) is 27.7 Å². The molecule has 11 N–H and O–H groups in total. The minimum atomic E-state index is -1.29. The van der Waals surface area contributed by atoms with Crippen molar-refractivity contribution in [1.29, 1.82) is 0 Å². The molecule has 0 aromatic heterocycles. The highest BCUT2D eigenvalue weighted by molar-refractivity contribution is 5.94. The van der Waals surface area contributed by atoms with Crippen molar-refractivity contribution in [3.05, 3.63) is 29.8 Å². The Morgan fingerprint density at radius 3 is 1.92 bits per heavy atom. The van der Waals surface area contributed by atoms with Crippen LogP contribution in [0.1, 0.15) is 134 Å². The van der Waals surface area contributed by atoms with Gasteiger partial charge < -0.3 is 57.7 Å². The van der Waals surface area contributed by atoms with Crippen molar-refractivity contribution in [3.63, 3.8) is 0 Å². The predicted octanol–water partition coefficient (Wildman–Crippen LogP) is 2.30. The number of amides is 6. The second-order valence-corrected chi connectivity index (χ2v) is 17.0. The lowest BCUT2D eigenvalue weighted by molar-refractivity contribution is -0.143. The Hall–Kier alpha value is -5.30. The molecule has 0 heterocycles. The molecule has 3 unspecified atom stereocenters. The van der Waals surface area contributed by atoms with E-state index in [0.717, 1.165) is 19.3 Å². The number of carbonyl (C=O) groups is 8. The summed E-state index contributed by atoms with van der Waals surface area (Å²) in [6.45, 7) is 8.16. The molecule has 2 rings (SSSR count). The molecule has 0 aliphatic heterocycles. The van der Waals surface area contributed by atoms with Gasteiger partial charge in [-0.05, 0) is 110 Å². The van der Waals surface area contributed by atoms with Crippen molar-refractivity contribution in [3.8, 4) is 0 Å². The van der Waals surface area contributed by atoms with Crippen molar-refractivity contribution >= 4 is 53.1 Å². The van der Waals surface area contributed by atoms with Crippen LogP contribution in [-0.2, 0) is 43.0 Å². The quantitative estimate of drug-likeness (QED) is 0.0397. The van der Waals surface area contributed by atoms with Crippen LogP contribution in [0.15, 0.2) is 24.3 Å². The maximum absolute atomic E-state index is 13.0. The topological polar surface area (TPSA) is 308 Å². The molecule has 1 aliphatic rings. The third kappa shape index (κ3) is 22.0. The van der Waals surface area contributed by atoms with E-state index in [9.17, 15) is 48.6 Å². The number of carboxylic acids is 2. The van der Waals surface area contributed by atoms with Crippen molar-refractivity contribution in [2.75, 3.05) is 32.0 Å². The van der Waals surface area contributed by atoms with Gasteiger partial charge in [0, 0.05) is 49.5 Å². The highest BCUT2D eigenvalue weighted by atomic mass is 16.5. The van der Waals surface area contributed by atoms with E-state index in [1.54, 1.807) is 24.3 Å². The van der Waals surface area contributed by atoms with Gasteiger partial charge in [0.15, 0.2) is 0 Å². The first-order chi connectivity index (χ1) is 29.2. The molecule has 19 nitrogen and oxygen atoms in total. The third-order valence-corrected chi connectivity index (χ3v) is 10.7. The number of nitrogens with two attached hydrogens (primary N) is 2. The van der Waals surface area contributed by atoms with Crippen LogP contribution in [0.25, 0.3) is 0 Å². The second kappa shape index (κ2) is 26.9. The fourth-order valence-corrected chi connectivity index (χ4v) is 6.71. The normalized spacial score (nSPS) is 14.7. The van der Waals surface area contributed by atoms with Gasteiger partial charge in [0.05, 0.1) is 24.4 Å². The number of carboxylic acid groups (broad SMARTS) is 2. The average Bonchev–Trinajstić information content (AvgIpc) is 3.21. The Morgan fingerprint density at radius 1 is 0.694 bits per heavy atom. The summed E-state index contributed by atoms with van der Waals surface area (Å²) in [5.74, 6) is -5.58. The molecule has 62 heavy (non-hydrogen) atoms. The number of nitrogen functional groups attached to an aromatic ring is 1. The summed E-state index contributed by atoms with van der Waals surface area (Å²) < 4.78 is 12.0. The maximum atomic E-state index is 13.0. The van der Waals surface area contributed by atoms with Crippen molar-refractivity contribution in [1.82, 2.24) is 26.6 Å².